The molecule has 0 saturated carbocycles. The molecule has 1 fully saturated rings. The number of fused-ring (bicyclic) bond motifs is 1. The first-order valence-corrected chi connectivity index (χ1v) is 24.4. The third kappa shape index (κ3) is 16.6. The van der Waals surface area contributed by atoms with Crippen LogP contribution in [0.4, 0.5) is 0 Å². The Morgan fingerprint density at radius 3 is 2.19 bits per heavy atom. The van der Waals surface area contributed by atoms with Crippen LogP contribution < -0.4 is 38.5 Å². The summed E-state index contributed by atoms with van der Waals surface area (Å²) < 4.78 is 0. The monoisotopic (exact) mass is 984 g/mol. The van der Waals surface area contributed by atoms with Gasteiger partial charge < -0.3 is 48.4 Å². The van der Waals surface area contributed by atoms with Crippen LogP contribution in [0.5, 0.6) is 0 Å². The molecule has 3 aromatic carbocycles. The highest BCUT2D eigenvalue weighted by atomic mass is 16.2. The molecule has 5 amide bonds. The minimum Gasteiger partial charge on any atom is -0.370 e. The van der Waals surface area contributed by atoms with Crippen LogP contribution in [0.2, 0.25) is 0 Å². The lowest BCUT2D eigenvalue weighted by Crippen LogP contribution is -2.57. The Labute approximate surface area is 417 Å². The number of aromatic nitrogens is 3. The number of aliphatic imine (C=N–C) groups is 1. The van der Waals surface area contributed by atoms with E-state index in [2.05, 4.69) is 41.2 Å². The first kappa shape index (κ1) is 53.4. The van der Waals surface area contributed by atoms with Crippen molar-refractivity contribution < 1.29 is 38.4 Å². The first-order valence-electron chi connectivity index (χ1n) is 24.4. The Morgan fingerprint density at radius 2 is 1.49 bits per heavy atom. The molecule has 0 bridgehead atoms. The van der Waals surface area contributed by atoms with Gasteiger partial charge in [0.1, 0.15) is 23.7 Å². The summed E-state index contributed by atoms with van der Waals surface area (Å²) in [6.07, 6.45) is 4.24. The number of para-hydroxylation sites is 1. The SMILES string of the molecule is NC(=O)[C@@H](CC(=O)[C@@H]1CCNC(=O)CC[C@H](NC(=O)CCc2ccccc2)C(=O)N[C@@H](Cc2cnc[nH]2)C(=O)N[C@H](Cc2ccccc2)C(=O)C[C@@H](CCCN=C(N)N)C(=O)C1)Cc1c[nH]c2ccccc12. The van der Waals surface area contributed by atoms with Crippen molar-refractivity contribution in [3.63, 3.8) is 0 Å². The van der Waals surface area contributed by atoms with Gasteiger partial charge in [0, 0.05) is 98.4 Å². The second-order valence-corrected chi connectivity index (χ2v) is 18.4. The zero-order chi connectivity index (χ0) is 51.4. The van der Waals surface area contributed by atoms with Crippen LogP contribution in [0.1, 0.15) is 80.2 Å². The van der Waals surface area contributed by atoms with Gasteiger partial charge in [0.25, 0.3) is 0 Å². The third-order valence-electron chi connectivity index (χ3n) is 13.0. The summed E-state index contributed by atoms with van der Waals surface area (Å²) in [5.41, 5.74) is 20.8. The average Bonchev–Trinajstić information content (AvgIpc) is 4.04. The largest absolute Gasteiger partial charge is 0.370 e. The molecule has 1 aliphatic rings. The number of hydrogen-bond acceptors (Lipinski definition) is 10. The molecule has 3 heterocycles. The summed E-state index contributed by atoms with van der Waals surface area (Å²) >= 11 is 0. The van der Waals surface area contributed by atoms with Gasteiger partial charge in [-0.05, 0) is 67.7 Å². The summed E-state index contributed by atoms with van der Waals surface area (Å²) in [7, 11) is 0. The molecule has 5 aromatic rings. The number of aryl methyl sites for hydroxylation is 1. The van der Waals surface area contributed by atoms with Crippen LogP contribution in [-0.2, 0) is 64.0 Å². The lowest BCUT2D eigenvalue weighted by molar-refractivity contribution is -0.135. The van der Waals surface area contributed by atoms with Gasteiger partial charge in [-0.2, -0.15) is 0 Å². The molecule has 1 saturated heterocycles. The molecule has 2 aromatic heterocycles. The van der Waals surface area contributed by atoms with Crippen LogP contribution in [0, 0.1) is 17.8 Å². The van der Waals surface area contributed by atoms with Crippen LogP contribution in [0.3, 0.4) is 0 Å². The third-order valence-corrected chi connectivity index (χ3v) is 13.0. The summed E-state index contributed by atoms with van der Waals surface area (Å²) in [5, 5.41) is 12.1. The average molecular weight is 984 g/mol. The number of carbonyl (C=O) groups is 8. The van der Waals surface area contributed by atoms with Crippen molar-refractivity contribution in [2.24, 2.45) is 39.9 Å². The number of H-pyrrole nitrogens is 2. The van der Waals surface area contributed by atoms with Crippen molar-refractivity contribution in [2.75, 3.05) is 13.1 Å². The molecule has 380 valence electrons. The lowest BCUT2D eigenvalue weighted by atomic mass is 9.81. The van der Waals surface area contributed by atoms with E-state index in [4.69, 9.17) is 17.2 Å². The fourth-order valence-corrected chi connectivity index (χ4v) is 9.00. The predicted molar refractivity (Wildman–Crippen MR) is 270 cm³/mol. The molecule has 0 spiro atoms. The van der Waals surface area contributed by atoms with E-state index in [1.54, 1.807) is 30.5 Å². The van der Waals surface area contributed by atoms with Crippen molar-refractivity contribution >= 4 is 63.7 Å². The molecule has 0 unspecified atom stereocenters. The number of rotatable bonds is 18. The lowest BCUT2D eigenvalue weighted by Gasteiger charge is -2.26. The minimum absolute atomic E-state index is 0.00828. The number of nitrogens with one attached hydrogen (secondary N) is 6. The second kappa shape index (κ2) is 26.9. The Morgan fingerprint density at radius 1 is 0.778 bits per heavy atom. The molecule has 19 heteroatoms. The Hall–Kier alpha value is -7.96. The summed E-state index contributed by atoms with van der Waals surface area (Å²) in [4.78, 5) is 127. The number of aromatic amines is 2. The van der Waals surface area contributed by atoms with E-state index in [1.165, 1.54) is 12.5 Å². The molecule has 72 heavy (non-hydrogen) atoms. The minimum atomic E-state index is -1.30. The number of guanidine groups is 1. The van der Waals surface area contributed by atoms with Crippen LogP contribution in [-0.4, -0.2) is 99.0 Å². The van der Waals surface area contributed by atoms with Gasteiger partial charge in [-0.1, -0.05) is 78.9 Å². The molecule has 6 rings (SSSR count). The van der Waals surface area contributed by atoms with Crippen LogP contribution in [0.25, 0.3) is 10.9 Å². The van der Waals surface area contributed by atoms with Crippen LogP contribution >= 0.6 is 0 Å². The van der Waals surface area contributed by atoms with Gasteiger partial charge in [-0.15, -0.1) is 0 Å². The van der Waals surface area contributed by atoms with Gasteiger partial charge >= 0.3 is 0 Å². The van der Waals surface area contributed by atoms with Crippen LogP contribution in [0.15, 0.2) is 109 Å². The van der Waals surface area contributed by atoms with Gasteiger partial charge in [0.05, 0.1) is 12.4 Å². The van der Waals surface area contributed by atoms with Crippen molar-refractivity contribution in [1.29, 1.82) is 0 Å². The second-order valence-electron chi connectivity index (χ2n) is 18.4. The number of primary amides is 1. The van der Waals surface area contributed by atoms with E-state index in [-0.39, 0.29) is 89.7 Å². The topological polar surface area (TPSA) is 320 Å². The number of benzene rings is 3. The van der Waals surface area contributed by atoms with E-state index in [0.717, 1.165) is 22.0 Å². The van der Waals surface area contributed by atoms with E-state index in [0.29, 0.717) is 24.1 Å². The van der Waals surface area contributed by atoms with Gasteiger partial charge in [0.2, 0.25) is 29.5 Å². The predicted octanol–water partition coefficient (Wildman–Crippen LogP) is 2.57. The molecule has 1 aliphatic heterocycles. The Kier molecular flexibility index (Phi) is 19.9. The number of amides is 5. The standard InChI is InChI=1S/C53H65N11O8/c54-50(70)37(25-38-30-60-41-16-8-7-15-40(38)41)28-46(66)36-21-23-58-48(68)20-18-42(62-49(69)19-17-33-10-3-1-4-11-33)51(71)64-44(29-39-31-57-32-61-39)52(72)63-43(24-34-12-5-2-6-13-34)47(67)27-35(45(65)26-36)14-9-22-59-53(55)56/h1-8,10-13,15-16,30-32,35-37,42-44,60H,9,14,17-29H2,(H2,54,70)(H,57,61)(H,58,68)(H,62,69)(H,63,72)(H,64,71)(H4,55,56,59)/t35-,36-,37-,42+,43-,44+/m1/s1. The van der Waals surface area contributed by atoms with E-state index in [1.807, 2.05) is 60.7 Å². The zero-order valence-electron chi connectivity index (χ0n) is 40.3. The van der Waals surface area contributed by atoms with E-state index < -0.39 is 82.8 Å². The molecular weight excluding hydrogens is 919 g/mol. The number of nitrogens with zero attached hydrogens (tertiary/aromatic N) is 2. The van der Waals surface area contributed by atoms with Crippen molar-refractivity contribution in [2.45, 2.75) is 102 Å². The number of hydrogen-bond donors (Lipinski definition) is 9. The maximum atomic E-state index is 14.7. The maximum absolute atomic E-state index is 14.7. The first-order chi connectivity index (χ1) is 34.7. The number of imidazole rings is 1. The fourth-order valence-electron chi connectivity index (χ4n) is 9.00. The number of Topliss-reactive ketones (excluding diaryl/α,β-unsaturated/α-hetero) is 3. The quantitative estimate of drug-likeness (QED) is 0.0349. The van der Waals surface area contributed by atoms with Gasteiger partial charge in [0.15, 0.2) is 11.7 Å². The number of nitrogens with two attached hydrogens (primary N) is 3. The van der Waals surface area contributed by atoms with Crippen molar-refractivity contribution in [3.05, 3.63) is 126 Å². The molecular formula is C53H65N11O8. The highest BCUT2D eigenvalue weighted by Gasteiger charge is 2.35. The van der Waals surface area contributed by atoms with Gasteiger partial charge in [-0.25, -0.2) is 4.98 Å². The summed E-state index contributed by atoms with van der Waals surface area (Å²) in [5.74, 6) is -7.50. The highest BCUT2D eigenvalue weighted by molar-refractivity contribution is 5.98. The summed E-state index contributed by atoms with van der Waals surface area (Å²) in [6.45, 7) is 0.0842. The zero-order valence-corrected chi connectivity index (χ0v) is 40.3. The maximum Gasteiger partial charge on any atom is 0.243 e. The van der Waals surface area contributed by atoms with E-state index in [9.17, 15) is 38.4 Å². The highest BCUT2D eigenvalue weighted by Crippen LogP contribution is 2.27. The molecule has 19 nitrogen and oxygen atoms in total. The van der Waals surface area contributed by atoms with Crippen molar-refractivity contribution in [1.82, 2.24) is 36.2 Å². The van der Waals surface area contributed by atoms with E-state index >= 15 is 0 Å². The molecule has 0 radical (unpaired) electrons. The normalized spacial score (nSPS) is 20.2. The Bertz CT molecular complexity index is 2670. The number of carbonyl (C=O) groups excluding carboxylic acids is 8. The number of ketones is 3. The molecule has 0 aliphatic carbocycles. The van der Waals surface area contributed by atoms with Crippen molar-refractivity contribution in [3.8, 4) is 0 Å². The fraction of sp³-hybridized carbons (Fsp3) is 0.396. The Balaban J connectivity index is 1.32. The molecule has 6 atom stereocenters. The van der Waals surface area contributed by atoms with Gasteiger partial charge in [-0.3, -0.25) is 43.3 Å². The molecule has 12 N–H and O–H groups in total. The summed E-state index contributed by atoms with van der Waals surface area (Å²) in [6, 6.07) is 22.1. The smallest absolute Gasteiger partial charge is 0.243 e.